The van der Waals surface area contributed by atoms with Crippen molar-refractivity contribution in [3.05, 3.63) is 53.0 Å². The Morgan fingerprint density at radius 2 is 1.62 bits per heavy atom. The van der Waals surface area contributed by atoms with Gasteiger partial charge in [0.25, 0.3) is 0 Å². The van der Waals surface area contributed by atoms with E-state index in [4.69, 9.17) is 0 Å². The van der Waals surface area contributed by atoms with E-state index in [-0.39, 0.29) is 20.9 Å². The molecule has 0 unspecified atom stereocenters. The third-order valence-electron chi connectivity index (χ3n) is 4.95. The summed E-state index contributed by atoms with van der Waals surface area (Å²) in [6.07, 6.45) is 1.28. The Labute approximate surface area is 178 Å². The van der Waals surface area contributed by atoms with Crippen LogP contribution in [0.15, 0.2) is 67.8 Å². The van der Waals surface area contributed by atoms with Crippen LogP contribution in [0.1, 0.15) is 12.8 Å². The number of aromatic amines is 1. The molecule has 1 aliphatic heterocycles. The second-order valence-electron chi connectivity index (χ2n) is 6.91. The smallest absolute Gasteiger partial charge is 0.244 e. The van der Waals surface area contributed by atoms with Crippen LogP contribution >= 0.6 is 15.9 Å². The Morgan fingerprint density at radius 3 is 2.31 bits per heavy atom. The van der Waals surface area contributed by atoms with E-state index in [0.717, 1.165) is 0 Å². The summed E-state index contributed by atoms with van der Waals surface area (Å²) in [5, 5.41) is 3.18. The first-order valence-electron chi connectivity index (χ1n) is 9.14. The highest BCUT2D eigenvalue weighted by Gasteiger charge is 2.34. The summed E-state index contributed by atoms with van der Waals surface area (Å²) in [6, 6.07) is 12.6. The number of hydrogen-bond acceptors (Lipinski definition) is 5. The molecule has 2 aromatic carbocycles. The number of sulfonamides is 1. The summed E-state index contributed by atoms with van der Waals surface area (Å²) in [4.78, 5) is 2.62. The van der Waals surface area contributed by atoms with Crippen molar-refractivity contribution < 1.29 is 16.8 Å². The quantitative estimate of drug-likeness (QED) is 0.502. The largest absolute Gasteiger partial charge is 0.344 e. The van der Waals surface area contributed by atoms with Crippen LogP contribution < -0.4 is 10.0 Å². The van der Waals surface area contributed by atoms with Crippen LogP contribution in [0.4, 0.5) is 0 Å². The standard InChI is InChI=1S/C19H20BrN3O4S2/c20-15-7-4-8-16-17(15)18(29(26,27)23-13-9-11-21-12-10-13)19(22-16)28(24,25)14-5-2-1-3-6-14/h1-8,13,21-23H,9-12H2. The number of halogens is 1. The minimum Gasteiger partial charge on any atom is -0.344 e. The van der Waals surface area contributed by atoms with Crippen molar-refractivity contribution in [1.82, 2.24) is 15.0 Å². The van der Waals surface area contributed by atoms with E-state index in [0.29, 0.717) is 41.3 Å². The first-order chi connectivity index (χ1) is 13.8. The first kappa shape index (κ1) is 20.5. The van der Waals surface area contributed by atoms with E-state index in [1.165, 1.54) is 12.1 Å². The Bertz CT molecular complexity index is 1250. The monoisotopic (exact) mass is 497 g/mol. The van der Waals surface area contributed by atoms with E-state index in [2.05, 4.69) is 31.0 Å². The normalized spacial score (nSPS) is 16.3. The molecule has 0 saturated carbocycles. The van der Waals surface area contributed by atoms with E-state index in [1.54, 1.807) is 36.4 Å². The highest BCUT2D eigenvalue weighted by Crippen LogP contribution is 2.37. The molecule has 0 bridgehead atoms. The number of benzene rings is 2. The Kier molecular flexibility index (Phi) is 5.56. The number of sulfone groups is 1. The van der Waals surface area contributed by atoms with E-state index < -0.39 is 19.9 Å². The van der Waals surface area contributed by atoms with Gasteiger partial charge in [0, 0.05) is 21.4 Å². The van der Waals surface area contributed by atoms with Crippen molar-refractivity contribution in [2.45, 2.75) is 33.7 Å². The molecule has 1 saturated heterocycles. The fourth-order valence-corrected chi connectivity index (χ4v) is 7.80. The van der Waals surface area contributed by atoms with Crippen LogP contribution in [-0.4, -0.2) is 41.0 Å². The molecule has 0 atom stereocenters. The molecule has 154 valence electrons. The molecule has 29 heavy (non-hydrogen) atoms. The van der Waals surface area contributed by atoms with Gasteiger partial charge in [-0.25, -0.2) is 21.6 Å². The molecule has 2 heterocycles. The number of fused-ring (bicyclic) bond motifs is 1. The molecular formula is C19H20BrN3O4S2. The van der Waals surface area contributed by atoms with Gasteiger partial charge in [-0.1, -0.05) is 40.2 Å². The summed E-state index contributed by atoms with van der Waals surface area (Å²) >= 11 is 3.38. The summed E-state index contributed by atoms with van der Waals surface area (Å²) in [5.74, 6) is 0. The van der Waals surface area contributed by atoms with Gasteiger partial charge in [0.1, 0.15) is 4.90 Å². The lowest BCUT2D eigenvalue weighted by atomic mass is 10.1. The lowest BCUT2D eigenvalue weighted by molar-refractivity contribution is 0.426. The summed E-state index contributed by atoms with van der Waals surface area (Å²) in [7, 11) is -8.19. The number of hydrogen-bond donors (Lipinski definition) is 3. The molecule has 7 nitrogen and oxygen atoms in total. The predicted octanol–water partition coefficient (Wildman–Crippen LogP) is 2.79. The molecule has 4 rings (SSSR count). The molecule has 1 aliphatic rings. The molecule has 3 N–H and O–H groups in total. The highest BCUT2D eigenvalue weighted by atomic mass is 79.9. The number of rotatable bonds is 5. The molecule has 10 heteroatoms. The van der Waals surface area contributed by atoms with Gasteiger partial charge < -0.3 is 10.3 Å². The number of piperidine rings is 1. The van der Waals surface area contributed by atoms with Crippen molar-refractivity contribution in [3.8, 4) is 0 Å². The topological polar surface area (TPSA) is 108 Å². The van der Waals surface area contributed by atoms with Gasteiger partial charge >= 0.3 is 0 Å². The van der Waals surface area contributed by atoms with Crippen LogP contribution in [0.3, 0.4) is 0 Å². The summed E-state index contributed by atoms with van der Waals surface area (Å²) in [5.41, 5.74) is 0.430. The zero-order valence-corrected chi connectivity index (χ0v) is 18.6. The number of H-pyrrole nitrogens is 1. The van der Waals surface area contributed by atoms with Gasteiger partial charge in [0.2, 0.25) is 19.9 Å². The van der Waals surface area contributed by atoms with E-state index >= 15 is 0 Å². The van der Waals surface area contributed by atoms with Gasteiger partial charge in [-0.05, 0) is 50.2 Å². The number of nitrogens with one attached hydrogen (secondary N) is 3. The number of aromatic nitrogens is 1. The van der Waals surface area contributed by atoms with Crippen molar-refractivity contribution in [2.75, 3.05) is 13.1 Å². The van der Waals surface area contributed by atoms with Crippen LogP contribution in [0, 0.1) is 0 Å². The first-order valence-corrected chi connectivity index (χ1v) is 12.9. The molecule has 1 aromatic heterocycles. The molecule has 0 amide bonds. The maximum Gasteiger partial charge on any atom is 0.244 e. The predicted molar refractivity (Wildman–Crippen MR) is 114 cm³/mol. The average Bonchev–Trinajstić information content (AvgIpc) is 3.12. The van der Waals surface area contributed by atoms with Crippen LogP contribution in [0.5, 0.6) is 0 Å². The molecule has 0 aliphatic carbocycles. The van der Waals surface area contributed by atoms with Crippen molar-refractivity contribution in [2.24, 2.45) is 0 Å². The lowest BCUT2D eigenvalue weighted by Gasteiger charge is -2.23. The van der Waals surface area contributed by atoms with Gasteiger partial charge in [-0.3, -0.25) is 0 Å². The zero-order valence-electron chi connectivity index (χ0n) is 15.4. The van der Waals surface area contributed by atoms with Gasteiger partial charge in [0.05, 0.1) is 4.90 Å². The van der Waals surface area contributed by atoms with E-state index in [9.17, 15) is 16.8 Å². The Balaban J connectivity index is 1.93. The van der Waals surface area contributed by atoms with Crippen LogP contribution in [0.2, 0.25) is 0 Å². The molecule has 3 aromatic rings. The average molecular weight is 498 g/mol. The zero-order chi connectivity index (χ0) is 20.6. The van der Waals surface area contributed by atoms with Crippen molar-refractivity contribution >= 4 is 46.7 Å². The Morgan fingerprint density at radius 1 is 0.931 bits per heavy atom. The summed E-state index contributed by atoms with van der Waals surface area (Å²) < 4.78 is 56.6. The molecular weight excluding hydrogens is 478 g/mol. The Hall–Kier alpha value is -1.72. The summed E-state index contributed by atoms with van der Waals surface area (Å²) in [6.45, 7) is 1.42. The SMILES string of the molecule is O=S(=O)(NC1CCNCC1)c1c(S(=O)(=O)c2ccccc2)[nH]c2cccc(Br)c12. The van der Waals surface area contributed by atoms with Crippen LogP contribution in [0.25, 0.3) is 10.9 Å². The second kappa shape index (κ2) is 7.84. The van der Waals surface area contributed by atoms with E-state index in [1.807, 2.05) is 0 Å². The molecule has 1 fully saturated rings. The fraction of sp³-hybridized carbons (Fsp3) is 0.263. The van der Waals surface area contributed by atoms with Gasteiger partial charge in [-0.2, -0.15) is 0 Å². The van der Waals surface area contributed by atoms with Crippen molar-refractivity contribution in [3.63, 3.8) is 0 Å². The third kappa shape index (κ3) is 3.87. The molecule has 0 spiro atoms. The fourth-order valence-electron chi connectivity index (χ4n) is 3.53. The minimum absolute atomic E-state index is 0.0287. The minimum atomic E-state index is -4.11. The maximum atomic E-state index is 13.4. The maximum absolute atomic E-state index is 13.4. The van der Waals surface area contributed by atoms with Crippen molar-refractivity contribution in [1.29, 1.82) is 0 Å². The molecule has 0 radical (unpaired) electrons. The third-order valence-corrected chi connectivity index (χ3v) is 9.06. The van der Waals surface area contributed by atoms with Gasteiger partial charge in [0.15, 0.2) is 5.03 Å². The van der Waals surface area contributed by atoms with Crippen LogP contribution in [-0.2, 0) is 19.9 Å². The highest BCUT2D eigenvalue weighted by molar-refractivity contribution is 9.10. The lowest BCUT2D eigenvalue weighted by Crippen LogP contribution is -2.42. The van der Waals surface area contributed by atoms with Gasteiger partial charge in [-0.15, -0.1) is 0 Å². The second-order valence-corrected chi connectivity index (χ2v) is 11.3.